The molecule has 4 aromatic rings. The molecule has 0 fully saturated rings. The lowest BCUT2D eigenvalue weighted by atomic mass is 10.1. The number of imidazole rings is 1. The number of aliphatic hydroxyl groups excluding tert-OH is 1. The molecule has 114 valence electrons. The number of aryl methyl sites for hydroxylation is 1. The molecular formula is C18H15N3OS. The summed E-state index contributed by atoms with van der Waals surface area (Å²) >= 11 is 1.53. The largest absolute Gasteiger partial charge is 0.390 e. The van der Waals surface area contributed by atoms with Crippen LogP contribution in [0.15, 0.2) is 54.6 Å². The van der Waals surface area contributed by atoms with Crippen molar-refractivity contribution in [3.8, 4) is 21.8 Å². The number of fused-ring (bicyclic) bond motifs is 1. The molecular weight excluding hydrogens is 306 g/mol. The molecule has 0 unspecified atom stereocenters. The molecule has 0 aliphatic rings. The maximum atomic E-state index is 9.79. The van der Waals surface area contributed by atoms with Gasteiger partial charge >= 0.3 is 0 Å². The van der Waals surface area contributed by atoms with Crippen LogP contribution in [0.2, 0.25) is 0 Å². The zero-order valence-corrected chi connectivity index (χ0v) is 13.4. The van der Waals surface area contributed by atoms with Crippen molar-refractivity contribution in [3.63, 3.8) is 0 Å². The van der Waals surface area contributed by atoms with Gasteiger partial charge in [-0.1, -0.05) is 65.4 Å². The first-order valence-corrected chi connectivity index (χ1v) is 8.19. The molecule has 0 radical (unpaired) electrons. The van der Waals surface area contributed by atoms with Gasteiger partial charge in [0.2, 0.25) is 4.96 Å². The average molecular weight is 321 g/mol. The van der Waals surface area contributed by atoms with Gasteiger partial charge in [0.1, 0.15) is 5.01 Å². The summed E-state index contributed by atoms with van der Waals surface area (Å²) in [5, 5.41) is 15.4. The van der Waals surface area contributed by atoms with Crippen molar-refractivity contribution in [2.75, 3.05) is 0 Å². The minimum atomic E-state index is -0.0949. The van der Waals surface area contributed by atoms with E-state index in [4.69, 9.17) is 0 Å². The molecule has 0 spiro atoms. The van der Waals surface area contributed by atoms with E-state index in [2.05, 4.69) is 29.1 Å². The summed E-state index contributed by atoms with van der Waals surface area (Å²) in [5.74, 6) is 0. The van der Waals surface area contributed by atoms with Crippen molar-refractivity contribution < 1.29 is 5.11 Å². The van der Waals surface area contributed by atoms with Gasteiger partial charge in [0.05, 0.1) is 18.0 Å². The Labute approximate surface area is 137 Å². The lowest BCUT2D eigenvalue weighted by Crippen LogP contribution is -1.95. The maximum absolute atomic E-state index is 9.79. The SMILES string of the molecule is Cc1cccc(-c2nn3c(CO)c(-c4ccccc4)nc3s2)c1. The number of aliphatic hydroxyl groups is 1. The molecule has 5 heteroatoms. The molecule has 0 saturated carbocycles. The highest BCUT2D eigenvalue weighted by molar-refractivity contribution is 7.19. The van der Waals surface area contributed by atoms with Gasteiger partial charge in [0.25, 0.3) is 0 Å². The summed E-state index contributed by atoms with van der Waals surface area (Å²) in [6, 6.07) is 18.1. The number of hydrogen-bond acceptors (Lipinski definition) is 4. The van der Waals surface area contributed by atoms with Crippen LogP contribution in [0.3, 0.4) is 0 Å². The number of hydrogen-bond donors (Lipinski definition) is 1. The molecule has 2 aromatic carbocycles. The average Bonchev–Trinajstić information content (AvgIpc) is 3.13. The van der Waals surface area contributed by atoms with Crippen LogP contribution in [-0.2, 0) is 6.61 Å². The van der Waals surface area contributed by atoms with E-state index >= 15 is 0 Å². The van der Waals surface area contributed by atoms with Gasteiger partial charge in [-0.15, -0.1) is 0 Å². The van der Waals surface area contributed by atoms with Crippen LogP contribution >= 0.6 is 11.3 Å². The van der Waals surface area contributed by atoms with Crippen LogP contribution < -0.4 is 0 Å². The lowest BCUT2D eigenvalue weighted by Gasteiger charge is -2.01. The van der Waals surface area contributed by atoms with Gasteiger partial charge in [-0.25, -0.2) is 9.50 Å². The van der Waals surface area contributed by atoms with Crippen LogP contribution in [0.4, 0.5) is 0 Å². The molecule has 2 heterocycles. The molecule has 0 bridgehead atoms. The second-order valence-electron chi connectivity index (χ2n) is 5.40. The first-order valence-electron chi connectivity index (χ1n) is 7.38. The predicted octanol–water partition coefficient (Wildman–Crippen LogP) is 3.93. The fourth-order valence-electron chi connectivity index (χ4n) is 2.65. The third-order valence-corrected chi connectivity index (χ3v) is 4.72. The fraction of sp³-hybridized carbons (Fsp3) is 0.111. The monoisotopic (exact) mass is 321 g/mol. The van der Waals surface area contributed by atoms with Crippen molar-refractivity contribution >= 4 is 16.3 Å². The number of nitrogens with zero attached hydrogens (tertiary/aromatic N) is 3. The highest BCUT2D eigenvalue weighted by atomic mass is 32.1. The molecule has 0 atom stereocenters. The van der Waals surface area contributed by atoms with Crippen molar-refractivity contribution in [1.29, 1.82) is 0 Å². The van der Waals surface area contributed by atoms with E-state index in [1.165, 1.54) is 16.9 Å². The molecule has 0 saturated heterocycles. The van der Waals surface area contributed by atoms with Crippen molar-refractivity contribution in [1.82, 2.24) is 14.6 Å². The molecule has 2 aromatic heterocycles. The van der Waals surface area contributed by atoms with Gasteiger partial charge in [-0.2, -0.15) is 5.10 Å². The van der Waals surface area contributed by atoms with E-state index in [9.17, 15) is 5.11 Å². The van der Waals surface area contributed by atoms with Crippen LogP contribution in [0.1, 0.15) is 11.3 Å². The van der Waals surface area contributed by atoms with E-state index in [-0.39, 0.29) is 6.61 Å². The minimum Gasteiger partial charge on any atom is -0.390 e. The minimum absolute atomic E-state index is 0.0949. The summed E-state index contributed by atoms with van der Waals surface area (Å²) in [5.41, 5.74) is 4.78. The molecule has 1 N–H and O–H groups in total. The summed E-state index contributed by atoms with van der Waals surface area (Å²) in [7, 11) is 0. The first kappa shape index (κ1) is 14.1. The molecule has 0 aliphatic carbocycles. The molecule has 4 rings (SSSR count). The maximum Gasteiger partial charge on any atom is 0.213 e. The smallest absolute Gasteiger partial charge is 0.213 e. The Morgan fingerprint density at radius 1 is 1.04 bits per heavy atom. The number of rotatable bonds is 3. The molecule has 23 heavy (non-hydrogen) atoms. The van der Waals surface area contributed by atoms with Gasteiger partial charge in [0, 0.05) is 11.1 Å². The van der Waals surface area contributed by atoms with Crippen LogP contribution in [0.5, 0.6) is 0 Å². The predicted molar refractivity (Wildman–Crippen MR) is 92.4 cm³/mol. The Morgan fingerprint density at radius 2 is 1.83 bits per heavy atom. The van der Waals surface area contributed by atoms with Crippen molar-refractivity contribution in [2.24, 2.45) is 0 Å². The van der Waals surface area contributed by atoms with E-state index < -0.39 is 0 Å². The number of benzene rings is 2. The second-order valence-corrected chi connectivity index (χ2v) is 6.36. The van der Waals surface area contributed by atoms with Crippen molar-refractivity contribution in [2.45, 2.75) is 13.5 Å². The normalized spacial score (nSPS) is 11.2. The van der Waals surface area contributed by atoms with Crippen LogP contribution in [-0.4, -0.2) is 19.7 Å². The highest BCUT2D eigenvalue weighted by Gasteiger charge is 2.17. The zero-order valence-electron chi connectivity index (χ0n) is 12.6. The highest BCUT2D eigenvalue weighted by Crippen LogP contribution is 2.31. The summed E-state index contributed by atoms with van der Waals surface area (Å²) in [4.78, 5) is 5.48. The Kier molecular flexibility index (Phi) is 3.44. The molecule has 0 amide bonds. The third-order valence-electron chi connectivity index (χ3n) is 3.76. The van der Waals surface area contributed by atoms with Crippen LogP contribution in [0.25, 0.3) is 26.8 Å². The Morgan fingerprint density at radius 3 is 2.57 bits per heavy atom. The lowest BCUT2D eigenvalue weighted by molar-refractivity contribution is 0.275. The first-order chi connectivity index (χ1) is 11.3. The zero-order chi connectivity index (χ0) is 15.8. The van der Waals surface area contributed by atoms with Gasteiger partial charge in [-0.05, 0) is 13.0 Å². The third kappa shape index (κ3) is 2.44. The molecule has 4 nitrogen and oxygen atoms in total. The fourth-order valence-corrected chi connectivity index (χ4v) is 3.57. The van der Waals surface area contributed by atoms with Gasteiger partial charge < -0.3 is 5.11 Å². The van der Waals surface area contributed by atoms with E-state index in [1.807, 2.05) is 42.5 Å². The topological polar surface area (TPSA) is 50.4 Å². The summed E-state index contributed by atoms with van der Waals surface area (Å²) in [6.45, 7) is 1.97. The standard InChI is InChI=1S/C18H15N3OS/c1-12-6-5-9-14(10-12)17-20-21-15(11-22)16(19-18(21)23-17)13-7-3-2-4-8-13/h2-10,22H,11H2,1H3. The Hall–Kier alpha value is -2.50. The molecule has 0 aliphatic heterocycles. The van der Waals surface area contributed by atoms with Gasteiger partial charge in [-0.3, -0.25) is 0 Å². The van der Waals surface area contributed by atoms with Gasteiger partial charge in [0.15, 0.2) is 0 Å². The quantitative estimate of drug-likeness (QED) is 0.622. The van der Waals surface area contributed by atoms with Crippen molar-refractivity contribution in [3.05, 3.63) is 65.9 Å². The summed E-state index contributed by atoms with van der Waals surface area (Å²) in [6.07, 6.45) is 0. The Balaban J connectivity index is 1.87. The van der Waals surface area contributed by atoms with E-state index in [1.54, 1.807) is 4.52 Å². The van der Waals surface area contributed by atoms with E-state index in [0.29, 0.717) is 0 Å². The Bertz CT molecular complexity index is 973. The second kappa shape index (κ2) is 5.61. The number of aromatic nitrogens is 3. The van der Waals surface area contributed by atoms with E-state index in [0.717, 1.165) is 32.5 Å². The van der Waals surface area contributed by atoms with Crippen LogP contribution in [0, 0.1) is 6.92 Å². The summed E-state index contributed by atoms with van der Waals surface area (Å²) < 4.78 is 1.75.